The highest BCUT2D eigenvalue weighted by Crippen LogP contribution is 2.40. The minimum Gasteiger partial charge on any atom is -0.496 e. The fourth-order valence-corrected chi connectivity index (χ4v) is 2.38. The van der Waals surface area contributed by atoms with Crippen molar-refractivity contribution in [2.45, 2.75) is 25.3 Å². The van der Waals surface area contributed by atoms with Crippen LogP contribution in [0.15, 0.2) is 18.2 Å². The van der Waals surface area contributed by atoms with Crippen LogP contribution in [-0.2, 0) is 0 Å². The Bertz CT molecular complexity index is 366. The van der Waals surface area contributed by atoms with Gasteiger partial charge in [-0.3, -0.25) is 11.3 Å². The zero-order valence-corrected chi connectivity index (χ0v) is 10.1. The maximum absolute atomic E-state index is 6.02. The van der Waals surface area contributed by atoms with Crippen molar-refractivity contribution < 1.29 is 4.74 Å². The first-order valence-corrected chi connectivity index (χ1v) is 5.93. The maximum atomic E-state index is 6.02. The lowest BCUT2D eigenvalue weighted by Crippen LogP contribution is -2.36. The van der Waals surface area contributed by atoms with Crippen LogP contribution in [-0.4, -0.2) is 7.11 Å². The van der Waals surface area contributed by atoms with E-state index in [0.29, 0.717) is 5.92 Å². The Labute approximate surface area is 101 Å². The molecule has 1 unspecified atom stereocenters. The van der Waals surface area contributed by atoms with Crippen molar-refractivity contribution in [1.82, 2.24) is 5.43 Å². The fourth-order valence-electron chi connectivity index (χ4n) is 2.20. The molecule has 4 heteroatoms. The SMILES string of the molecule is COc1ccc(Cl)cc1C(NN)C1CCC1. The fraction of sp³-hybridized carbons (Fsp3) is 0.500. The monoisotopic (exact) mass is 240 g/mol. The van der Waals surface area contributed by atoms with Gasteiger partial charge in [-0.05, 0) is 37.0 Å². The van der Waals surface area contributed by atoms with Crippen molar-refractivity contribution in [3.63, 3.8) is 0 Å². The molecule has 0 heterocycles. The normalized spacial score (nSPS) is 17.9. The molecule has 0 bridgehead atoms. The number of ether oxygens (including phenoxy) is 1. The number of benzene rings is 1. The summed E-state index contributed by atoms with van der Waals surface area (Å²) < 4.78 is 5.35. The summed E-state index contributed by atoms with van der Waals surface area (Å²) in [6.45, 7) is 0. The number of hydrogen-bond acceptors (Lipinski definition) is 3. The van der Waals surface area contributed by atoms with Gasteiger partial charge in [-0.25, -0.2) is 0 Å². The Morgan fingerprint density at radius 3 is 2.75 bits per heavy atom. The summed E-state index contributed by atoms with van der Waals surface area (Å²) in [6.07, 6.45) is 3.71. The molecule has 0 amide bonds. The van der Waals surface area contributed by atoms with Gasteiger partial charge >= 0.3 is 0 Å². The molecule has 3 nitrogen and oxygen atoms in total. The van der Waals surface area contributed by atoms with E-state index in [0.717, 1.165) is 16.3 Å². The molecule has 1 aliphatic rings. The van der Waals surface area contributed by atoms with Gasteiger partial charge in [0, 0.05) is 10.6 Å². The van der Waals surface area contributed by atoms with Gasteiger partial charge in [-0.15, -0.1) is 0 Å². The highest BCUT2D eigenvalue weighted by Gasteiger charge is 2.29. The predicted octanol–water partition coefficient (Wildman–Crippen LogP) is 2.65. The molecule has 1 fully saturated rings. The molecule has 1 saturated carbocycles. The molecule has 88 valence electrons. The van der Waals surface area contributed by atoms with Crippen LogP contribution in [0.3, 0.4) is 0 Å². The lowest BCUT2D eigenvalue weighted by atomic mass is 9.77. The van der Waals surface area contributed by atoms with Crippen molar-refractivity contribution in [2.75, 3.05) is 7.11 Å². The van der Waals surface area contributed by atoms with Crippen LogP contribution in [0.1, 0.15) is 30.9 Å². The standard InChI is InChI=1S/C12H17ClN2O/c1-16-11-6-5-9(13)7-10(11)12(15-14)8-3-2-4-8/h5-8,12,15H,2-4,14H2,1H3. The lowest BCUT2D eigenvalue weighted by Gasteiger charge is -2.34. The van der Waals surface area contributed by atoms with Crippen molar-refractivity contribution in [2.24, 2.45) is 11.8 Å². The van der Waals surface area contributed by atoms with Crippen molar-refractivity contribution in [1.29, 1.82) is 0 Å². The largest absolute Gasteiger partial charge is 0.496 e. The number of nitrogens with one attached hydrogen (secondary N) is 1. The van der Waals surface area contributed by atoms with Crippen molar-refractivity contribution >= 4 is 11.6 Å². The molecule has 1 aliphatic carbocycles. The molecule has 0 radical (unpaired) electrons. The van der Waals surface area contributed by atoms with Gasteiger partial charge in [-0.1, -0.05) is 18.0 Å². The Morgan fingerprint density at radius 1 is 1.50 bits per heavy atom. The van der Waals surface area contributed by atoms with Crippen LogP contribution in [0.25, 0.3) is 0 Å². The number of halogens is 1. The zero-order valence-electron chi connectivity index (χ0n) is 9.37. The Morgan fingerprint density at radius 2 is 2.25 bits per heavy atom. The van der Waals surface area contributed by atoms with Gasteiger partial charge in [0.05, 0.1) is 13.2 Å². The number of rotatable bonds is 4. The van der Waals surface area contributed by atoms with Gasteiger partial charge < -0.3 is 4.74 Å². The van der Waals surface area contributed by atoms with Crippen LogP contribution in [0, 0.1) is 5.92 Å². The van der Waals surface area contributed by atoms with E-state index in [1.807, 2.05) is 18.2 Å². The average molecular weight is 241 g/mol. The molecule has 1 aromatic carbocycles. The van der Waals surface area contributed by atoms with E-state index in [1.54, 1.807) is 7.11 Å². The van der Waals surface area contributed by atoms with Crippen molar-refractivity contribution in [3.8, 4) is 5.75 Å². The molecule has 0 spiro atoms. The second kappa shape index (κ2) is 5.04. The molecule has 1 atom stereocenters. The number of hydrazine groups is 1. The highest BCUT2D eigenvalue weighted by atomic mass is 35.5. The predicted molar refractivity (Wildman–Crippen MR) is 65.4 cm³/mol. The van der Waals surface area contributed by atoms with E-state index < -0.39 is 0 Å². The number of nitrogens with two attached hydrogens (primary N) is 1. The summed E-state index contributed by atoms with van der Waals surface area (Å²) in [5.74, 6) is 7.08. The second-order valence-electron chi connectivity index (χ2n) is 4.22. The second-order valence-corrected chi connectivity index (χ2v) is 4.66. The average Bonchev–Trinajstić information content (AvgIpc) is 2.23. The van der Waals surface area contributed by atoms with Crippen LogP contribution < -0.4 is 16.0 Å². The first-order valence-electron chi connectivity index (χ1n) is 5.56. The molecule has 2 rings (SSSR count). The zero-order chi connectivity index (χ0) is 11.5. The molecular weight excluding hydrogens is 224 g/mol. The minimum atomic E-state index is 0.141. The summed E-state index contributed by atoms with van der Waals surface area (Å²) in [7, 11) is 1.67. The van der Waals surface area contributed by atoms with E-state index >= 15 is 0 Å². The summed E-state index contributed by atoms with van der Waals surface area (Å²) in [4.78, 5) is 0. The van der Waals surface area contributed by atoms with Gasteiger partial charge in [0.1, 0.15) is 5.75 Å². The van der Waals surface area contributed by atoms with E-state index in [1.165, 1.54) is 19.3 Å². The summed E-state index contributed by atoms with van der Waals surface area (Å²) in [5.41, 5.74) is 3.94. The summed E-state index contributed by atoms with van der Waals surface area (Å²) >= 11 is 6.02. The Kier molecular flexibility index (Phi) is 3.69. The van der Waals surface area contributed by atoms with E-state index in [-0.39, 0.29) is 6.04 Å². The summed E-state index contributed by atoms with van der Waals surface area (Å²) in [6, 6.07) is 5.80. The van der Waals surface area contributed by atoms with Crippen LogP contribution in [0.4, 0.5) is 0 Å². The minimum absolute atomic E-state index is 0.141. The highest BCUT2D eigenvalue weighted by molar-refractivity contribution is 6.30. The lowest BCUT2D eigenvalue weighted by molar-refractivity contribution is 0.228. The maximum Gasteiger partial charge on any atom is 0.123 e. The molecule has 0 aliphatic heterocycles. The van der Waals surface area contributed by atoms with E-state index in [9.17, 15) is 0 Å². The van der Waals surface area contributed by atoms with Gasteiger partial charge in [0.25, 0.3) is 0 Å². The van der Waals surface area contributed by atoms with Gasteiger partial charge in [-0.2, -0.15) is 0 Å². The Hall–Kier alpha value is -0.770. The first-order chi connectivity index (χ1) is 7.76. The number of methoxy groups -OCH3 is 1. The third kappa shape index (κ3) is 2.17. The summed E-state index contributed by atoms with van der Waals surface area (Å²) in [5, 5.41) is 0.718. The molecule has 0 aromatic heterocycles. The van der Waals surface area contributed by atoms with Crippen LogP contribution >= 0.6 is 11.6 Å². The van der Waals surface area contributed by atoms with Crippen LogP contribution in [0.2, 0.25) is 5.02 Å². The molecule has 16 heavy (non-hydrogen) atoms. The number of hydrogen-bond donors (Lipinski definition) is 2. The third-order valence-corrected chi connectivity index (χ3v) is 3.56. The third-order valence-electron chi connectivity index (χ3n) is 3.33. The quantitative estimate of drug-likeness (QED) is 0.628. The first kappa shape index (κ1) is 11.7. The van der Waals surface area contributed by atoms with Crippen molar-refractivity contribution in [3.05, 3.63) is 28.8 Å². The molecule has 1 aromatic rings. The van der Waals surface area contributed by atoms with E-state index in [4.69, 9.17) is 22.2 Å². The van der Waals surface area contributed by atoms with Gasteiger partial charge in [0.15, 0.2) is 0 Å². The van der Waals surface area contributed by atoms with Gasteiger partial charge in [0.2, 0.25) is 0 Å². The topological polar surface area (TPSA) is 47.3 Å². The Balaban J connectivity index is 2.31. The molecule has 0 saturated heterocycles. The smallest absolute Gasteiger partial charge is 0.123 e. The van der Waals surface area contributed by atoms with E-state index in [2.05, 4.69) is 5.43 Å². The molecular formula is C12H17ClN2O. The molecule has 3 N–H and O–H groups in total. The van der Waals surface area contributed by atoms with Crippen LogP contribution in [0.5, 0.6) is 5.75 Å².